The minimum Gasteiger partial charge on any atom is -0.310 e. The van der Waals surface area contributed by atoms with Gasteiger partial charge >= 0.3 is 0 Å². The van der Waals surface area contributed by atoms with E-state index in [2.05, 4.69) is 22.1 Å². The van der Waals surface area contributed by atoms with Crippen LogP contribution in [0, 0.1) is 5.82 Å². The molecule has 4 heteroatoms. The molecule has 98 valence electrons. The van der Waals surface area contributed by atoms with E-state index in [-0.39, 0.29) is 11.9 Å². The van der Waals surface area contributed by atoms with E-state index in [9.17, 15) is 4.39 Å². The van der Waals surface area contributed by atoms with E-state index in [1.54, 1.807) is 6.07 Å². The zero-order valence-electron chi connectivity index (χ0n) is 10.8. The standard InChI is InChI=1S/C14H20FN3/c1-10(14-5-2-11(15)8-16-14)18-7-6-12-3-4-13(9-18)17-12/h2,5,8,10,12-13,17H,3-4,6-7,9H2,1H3. The smallest absolute Gasteiger partial charge is 0.141 e. The molecule has 2 aliphatic heterocycles. The highest BCUT2D eigenvalue weighted by Crippen LogP contribution is 2.26. The summed E-state index contributed by atoms with van der Waals surface area (Å²) in [6.07, 6.45) is 5.13. The molecule has 3 nitrogen and oxygen atoms in total. The van der Waals surface area contributed by atoms with Gasteiger partial charge < -0.3 is 5.32 Å². The second kappa shape index (κ2) is 4.94. The van der Waals surface area contributed by atoms with E-state index in [0.717, 1.165) is 18.8 Å². The quantitative estimate of drug-likeness (QED) is 0.870. The molecule has 1 aromatic heterocycles. The van der Waals surface area contributed by atoms with Crippen molar-refractivity contribution in [1.29, 1.82) is 0 Å². The van der Waals surface area contributed by atoms with Crippen molar-refractivity contribution in [2.75, 3.05) is 13.1 Å². The molecular formula is C14H20FN3. The number of pyridine rings is 1. The minimum atomic E-state index is -0.262. The molecule has 1 aromatic rings. The van der Waals surface area contributed by atoms with Crippen LogP contribution in [0.1, 0.15) is 37.9 Å². The Morgan fingerprint density at radius 2 is 2.17 bits per heavy atom. The van der Waals surface area contributed by atoms with Gasteiger partial charge in [0.05, 0.1) is 11.9 Å². The number of nitrogens with zero attached hydrogens (tertiary/aromatic N) is 2. The van der Waals surface area contributed by atoms with E-state index < -0.39 is 0 Å². The first-order chi connectivity index (χ1) is 8.72. The highest BCUT2D eigenvalue weighted by atomic mass is 19.1. The third-order valence-electron chi connectivity index (χ3n) is 4.28. The largest absolute Gasteiger partial charge is 0.310 e. The highest BCUT2D eigenvalue weighted by molar-refractivity contribution is 5.10. The van der Waals surface area contributed by atoms with Crippen LogP contribution in [0.2, 0.25) is 0 Å². The summed E-state index contributed by atoms with van der Waals surface area (Å²) in [5.74, 6) is -0.262. The number of rotatable bonds is 2. The maximum Gasteiger partial charge on any atom is 0.141 e. The van der Waals surface area contributed by atoms with Gasteiger partial charge in [0, 0.05) is 31.2 Å². The Kier molecular flexibility index (Phi) is 3.31. The Hall–Kier alpha value is -1.00. The first-order valence-electron chi connectivity index (χ1n) is 6.84. The van der Waals surface area contributed by atoms with E-state index in [4.69, 9.17) is 0 Å². The van der Waals surface area contributed by atoms with Gasteiger partial charge in [-0.2, -0.15) is 0 Å². The molecule has 1 N–H and O–H groups in total. The molecule has 3 atom stereocenters. The van der Waals surface area contributed by atoms with Gasteiger partial charge in [-0.15, -0.1) is 0 Å². The topological polar surface area (TPSA) is 28.2 Å². The van der Waals surface area contributed by atoms with Crippen LogP contribution in [0.4, 0.5) is 4.39 Å². The van der Waals surface area contributed by atoms with E-state index in [0.29, 0.717) is 12.1 Å². The molecule has 3 heterocycles. The van der Waals surface area contributed by atoms with Gasteiger partial charge in [-0.05, 0) is 38.3 Å². The highest BCUT2D eigenvalue weighted by Gasteiger charge is 2.31. The lowest BCUT2D eigenvalue weighted by Gasteiger charge is -2.29. The molecule has 18 heavy (non-hydrogen) atoms. The predicted molar refractivity (Wildman–Crippen MR) is 68.7 cm³/mol. The fraction of sp³-hybridized carbons (Fsp3) is 0.643. The van der Waals surface area contributed by atoms with Crippen molar-refractivity contribution in [2.24, 2.45) is 0 Å². The molecule has 0 saturated carbocycles. The number of hydrogen-bond acceptors (Lipinski definition) is 3. The van der Waals surface area contributed by atoms with Gasteiger partial charge in [-0.1, -0.05) is 0 Å². The van der Waals surface area contributed by atoms with Crippen LogP contribution >= 0.6 is 0 Å². The molecule has 0 aromatic carbocycles. The van der Waals surface area contributed by atoms with E-state index in [1.165, 1.54) is 31.5 Å². The van der Waals surface area contributed by atoms with Crippen molar-refractivity contribution in [3.05, 3.63) is 29.8 Å². The fourth-order valence-corrected chi connectivity index (χ4v) is 3.14. The van der Waals surface area contributed by atoms with Crippen molar-refractivity contribution in [3.8, 4) is 0 Å². The Labute approximate surface area is 107 Å². The summed E-state index contributed by atoms with van der Waals surface area (Å²) in [5.41, 5.74) is 0.967. The summed E-state index contributed by atoms with van der Waals surface area (Å²) < 4.78 is 12.9. The number of nitrogens with one attached hydrogen (secondary N) is 1. The molecule has 0 radical (unpaired) electrons. The van der Waals surface area contributed by atoms with Crippen molar-refractivity contribution < 1.29 is 4.39 Å². The fourth-order valence-electron chi connectivity index (χ4n) is 3.14. The van der Waals surface area contributed by atoms with Crippen LogP contribution in [-0.4, -0.2) is 35.1 Å². The van der Waals surface area contributed by atoms with E-state index in [1.807, 2.05) is 0 Å². The summed E-state index contributed by atoms with van der Waals surface area (Å²) in [6.45, 7) is 4.35. The summed E-state index contributed by atoms with van der Waals surface area (Å²) in [4.78, 5) is 6.68. The monoisotopic (exact) mass is 249 g/mol. The van der Waals surface area contributed by atoms with Gasteiger partial charge in [0.1, 0.15) is 5.82 Å². The lowest BCUT2D eigenvalue weighted by atomic mass is 10.1. The molecule has 3 unspecified atom stereocenters. The first-order valence-corrected chi connectivity index (χ1v) is 6.84. The molecule has 2 aliphatic rings. The summed E-state index contributed by atoms with van der Waals surface area (Å²) in [7, 11) is 0. The van der Waals surface area contributed by atoms with Crippen LogP contribution in [0.15, 0.2) is 18.3 Å². The second-order valence-corrected chi connectivity index (χ2v) is 5.50. The zero-order chi connectivity index (χ0) is 12.5. The van der Waals surface area contributed by atoms with Crippen LogP contribution in [-0.2, 0) is 0 Å². The van der Waals surface area contributed by atoms with Crippen molar-refractivity contribution in [1.82, 2.24) is 15.2 Å². The SMILES string of the molecule is CC(c1ccc(F)cn1)N1CCC2CCC(C1)N2. The average molecular weight is 249 g/mol. The third kappa shape index (κ3) is 2.40. The lowest BCUT2D eigenvalue weighted by Crippen LogP contribution is -2.37. The van der Waals surface area contributed by atoms with Crippen LogP contribution in [0.5, 0.6) is 0 Å². The lowest BCUT2D eigenvalue weighted by molar-refractivity contribution is 0.196. The molecule has 2 bridgehead atoms. The predicted octanol–water partition coefficient (Wildman–Crippen LogP) is 2.11. The molecule has 0 spiro atoms. The third-order valence-corrected chi connectivity index (χ3v) is 4.28. The van der Waals surface area contributed by atoms with Gasteiger partial charge in [-0.3, -0.25) is 9.88 Å². The Morgan fingerprint density at radius 3 is 2.94 bits per heavy atom. The average Bonchev–Trinajstić information content (AvgIpc) is 2.69. The molecule has 2 saturated heterocycles. The Bertz CT molecular complexity index is 406. The van der Waals surface area contributed by atoms with Gasteiger partial charge in [-0.25, -0.2) is 4.39 Å². The summed E-state index contributed by atoms with van der Waals surface area (Å²) >= 11 is 0. The molecule has 0 aliphatic carbocycles. The molecule has 0 amide bonds. The zero-order valence-corrected chi connectivity index (χ0v) is 10.8. The minimum absolute atomic E-state index is 0.262. The van der Waals surface area contributed by atoms with E-state index >= 15 is 0 Å². The van der Waals surface area contributed by atoms with Crippen LogP contribution in [0.3, 0.4) is 0 Å². The van der Waals surface area contributed by atoms with Crippen molar-refractivity contribution in [3.63, 3.8) is 0 Å². The van der Waals surface area contributed by atoms with Gasteiger partial charge in [0.25, 0.3) is 0 Å². The number of hydrogen-bond donors (Lipinski definition) is 1. The molecular weight excluding hydrogens is 229 g/mol. The summed E-state index contributed by atoms with van der Waals surface area (Å²) in [6, 6.07) is 4.90. The Morgan fingerprint density at radius 1 is 1.33 bits per heavy atom. The normalized spacial score (nSPS) is 30.1. The van der Waals surface area contributed by atoms with Crippen molar-refractivity contribution >= 4 is 0 Å². The molecule has 2 fully saturated rings. The van der Waals surface area contributed by atoms with Crippen molar-refractivity contribution in [2.45, 2.75) is 44.3 Å². The Balaban J connectivity index is 1.71. The number of halogens is 1. The number of fused-ring (bicyclic) bond motifs is 2. The van der Waals surface area contributed by atoms with Crippen LogP contribution in [0.25, 0.3) is 0 Å². The number of aromatic nitrogens is 1. The molecule has 3 rings (SSSR count). The number of likely N-dealkylation sites (tertiary alicyclic amines) is 1. The van der Waals surface area contributed by atoms with Gasteiger partial charge in [0.2, 0.25) is 0 Å². The van der Waals surface area contributed by atoms with Crippen LogP contribution < -0.4 is 5.32 Å². The summed E-state index contributed by atoms with van der Waals surface area (Å²) in [5, 5.41) is 3.68. The first kappa shape index (κ1) is 12.1. The second-order valence-electron chi connectivity index (χ2n) is 5.50. The maximum absolute atomic E-state index is 12.9. The van der Waals surface area contributed by atoms with Gasteiger partial charge in [0.15, 0.2) is 0 Å². The maximum atomic E-state index is 12.9.